The first kappa shape index (κ1) is 17.5. The summed E-state index contributed by atoms with van der Waals surface area (Å²) in [6.07, 6.45) is 2.07. The number of aliphatic imine (C=N–C) groups is 2. The molecule has 1 atom stereocenters. The SMILES string of the molecule is CN=C(C)c1ccccc1N=C1C[CH-]SC(C)C1.[Yb]. The van der Waals surface area contributed by atoms with Crippen molar-refractivity contribution in [2.45, 2.75) is 31.9 Å². The van der Waals surface area contributed by atoms with E-state index in [1.165, 1.54) is 5.71 Å². The zero-order valence-corrected chi connectivity index (χ0v) is 14.0. The van der Waals surface area contributed by atoms with E-state index in [9.17, 15) is 0 Å². The number of hydrogen-bond donors (Lipinski definition) is 0. The van der Waals surface area contributed by atoms with Gasteiger partial charge in [0, 0.05) is 65.2 Å². The van der Waals surface area contributed by atoms with Crippen LogP contribution in [0.2, 0.25) is 0 Å². The van der Waals surface area contributed by atoms with E-state index in [2.05, 4.69) is 29.8 Å². The maximum atomic E-state index is 4.83. The summed E-state index contributed by atoms with van der Waals surface area (Å²) in [4.78, 5) is 9.09. The van der Waals surface area contributed by atoms with Gasteiger partial charge in [0.1, 0.15) is 0 Å². The first-order valence-corrected chi connectivity index (χ1v) is 7.21. The first-order chi connectivity index (χ1) is 8.70. The van der Waals surface area contributed by atoms with Crippen LogP contribution in [0, 0.1) is 52.7 Å². The van der Waals surface area contributed by atoms with Gasteiger partial charge in [-0.05, 0) is 30.4 Å². The Kier molecular flexibility index (Phi) is 7.97. The molecular formula is C15H19N2SYb-. The minimum atomic E-state index is 0. The van der Waals surface area contributed by atoms with Crippen LogP contribution in [0.15, 0.2) is 34.3 Å². The molecule has 1 saturated heterocycles. The van der Waals surface area contributed by atoms with E-state index in [-0.39, 0.29) is 46.9 Å². The third-order valence-corrected chi connectivity index (χ3v) is 4.07. The van der Waals surface area contributed by atoms with Crippen molar-refractivity contribution in [2.75, 3.05) is 7.05 Å². The second-order valence-corrected chi connectivity index (χ2v) is 5.94. The van der Waals surface area contributed by atoms with Crippen molar-refractivity contribution in [3.63, 3.8) is 0 Å². The largest absolute Gasteiger partial charge is 0.347 e. The van der Waals surface area contributed by atoms with Crippen LogP contribution in [0.5, 0.6) is 0 Å². The molecular weight excluding hydrogens is 413 g/mol. The topological polar surface area (TPSA) is 24.7 Å². The molecule has 1 unspecified atom stereocenters. The second kappa shape index (κ2) is 8.66. The Morgan fingerprint density at radius 3 is 2.79 bits per heavy atom. The van der Waals surface area contributed by atoms with Crippen molar-refractivity contribution in [1.82, 2.24) is 0 Å². The fourth-order valence-corrected chi connectivity index (χ4v) is 2.94. The van der Waals surface area contributed by atoms with Crippen molar-refractivity contribution in [1.29, 1.82) is 0 Å². The van der Waals surface area contributed by atoms with Crippen LogP contribution in [-0.4, -0.2) is 23.7 Å². The summed E-state index contributed by atoms with van der Waals surface area (Å²) >= 11 is 1.92. The van der Waals surface area contributed by atoms with Gasteiger partial charge in [0.15, 0.2) is 0 Å². The Morgan fingerprint density at radius 1 is 1.37 bits per heavy atom. The molecule has 19 heavy (non-hydrogen) atoms. The van der Waals surface area contributed by atoms with E-state index in [1.54, 1.807) is 0 Å². The third-order valence-electron chi connectivity index (χ3n) is 3.08. The Hall–Kier alpha value is 0.429. The van der Waals surface area contributed by atoms with Crippen molar-refractivity contribution < 1.29 is 46.9 Å². The van der Waals surface area contributed by atoms with Crippen LogP contribution >= 0.6 is 11.8 Å². The standard InChI is InChI=1S/C15H19N2S.Yb/c1-11-10-13(8-9-18-11)17-15-7-5-4-6-14(15)12(2)16-3;/h4-7,9,11H,8,10H2,1-3H3;/q-1;. The maximum Gasteiger partial charge on any atom is 0.0718 e. The summed E-state index contributed by atoms with van der Waals surface area (Å²) in [5.74, 6) is 2.26. The number of benzene rings is 1. The Labute approximate surface area is 158 Å². The molecule has 1 aliphatic rings. The predicted octanol–water partition coefficient (Wildman–Crippen LogP) is 4.28. The van der Waals surface area contributed by atoms with Gasteiger partial charge in [-0.15, -0.1) is 6.42 Å². The molecule has 0 aromatic heterocycles. The average molecular weight is 432 g/mol. The second-order valence-electron chi connectivity index (χ2n) is 4.53. The Bertz CT molecular complexity index is 483. The van der Waals surface area contributed by atoms with Gasteiger partial charge in [0.25, 0.3) is 0 Å². The zero-order chi connectivity index (χ0) is 13.0. The molecule has 0 amide bonds. The fraction of sp³-hybridized carbons (Fsp3) is 0.400. The maximum absolute atomic E-state index is 4.83. The van der Waals surface area contributed by atoms with Gasteiger partial charge >= 0.3 is 0 Å². The Morgan fingerprint density at radius 2 is 2.11 bits per heavy atom. The van der Waals surface area contributed by atoms with E-state index in [0.29, 0.717) is 5.25 Å². The molecule has 2 nitrogen and oxygen atoms in total. The summed E-state index contributed by atoms with van der Waals surface area (Å²) in [5.41, 5.74) is 4.50. The molecule has 1 fully saturated rings. The molecule has 2 rings (SSSR count). The molecule has 1 heterocycles. The van der Waals surface area contributed by atoms with Crippen molar-refractivity contribution in [2.24, 2.45) is 9.98 Å². The number of para-hydroxylation sites is 1. The van der Waals surface area contributed by atoms with Crippen molar-refractivity contribution in [3.8, 4) is 0 Å². The van der Waals surface area contributed by atoms with E-state index in [4.69, 9.17) is 4.99 Å². The quantitative estimate of drug-likeness (QED) is 0.506. The summed E-state index contributed by atoms with van der Waals surface area (Å²) in [6, 6.07) is 8.24. The monoisotopic (exact) mass is 433 g/mol. The van der Waals surface area contributed by atoms with Crippen molar-refractivity contribution in [3.05, 3.63) is 35.6 Å². The Balaban J connectivity index is 0.00000180. The van der Waals surface area contributed by atoms with Gasteiger partial charge in [-0.2, -0.15) is 0 Å². The molecule has 0 saturated carbocycles. The number of hydrogen-bond acceptors (Lipinski definition) is 3. The van der Waals surface area contributed by atoms with Gasteiger partial charge in [-0.1, -0.05) is 25.1 Å². The average Bonchev–Trinajstić information content (AvgIpc) is 2.38. The van der Waals surface area contributed by atoms with E-state index in [1.807, 2.05) is 37.9 Å². The van der Waals surface area contributed by atoms with E-state index >= 15 is 0 Å². The predicted molar refractivity (Wildman–Crippen MR) is 82.3 cm³/mol. The molecule has 0 N–H and O–H groups in total. The molecule has 0 spiro atoms. The van der Waals surface area contributed by atoms with Gasteiger partial charge in [-0.3, -0.25) is 15.7 Å². The third kappa shape index (κ3) is 5.04. The first-order valence-electron chi connectivity index (χ1n) is 6.27. The fourth-order valence-electron chi connectivity index (χ4n) is 2.03. The molecule has 4 heteroatoms. The van der Waals surface area contributed by atoms with Gasteiger partial charge in [0.05, 0.1) is 5.69 Å². The zero-order valence-electron chi connectivity index (χ0n) is 11.4. The molecule has 1 aliphatic heterocycles. The van der Waals surface area contributed by atoms with Crippen LogP contribution in [0.25, 0.3) is 0 Å². The summed E-state index contributed by atoms with van der Waals surface area (Å²) in [6.45, 7) is 4.28. The number of nitrogens with zero attached hydrogens (tertiary/aromatic N) is 2. The molecule has 110 valence electrons. The minimum Gasteiger partial charge on any atom is -0.347 e. The summed E-state index contributed by atoms with van der Waals surface area (Å²) in [5, 5.41) is 0.644. The molecule has 1 aromatic carbocycles. The van der Waals surface area contributed by atoms with Crippen LogP contribution in [-0.2, 0) is 0 Å². The smallest absolute Gasteiger partial charge is 0.0718 e. The van der Waals surface area contributed by atoms with Crippen molar-refractivity contribution >= 4 is 28.9 Å². The minimum absolute atomic E-state index is 0. The van der Waals surface area contributed by atoms with Gasteiger partial charge < -0.3 is 11.8 Å². The molecule has 0 aliphatic carbocycles. The van der Waals surface area contributed by atoms with Crippen LogP contribution in [0.4, 0.5) is 5.69 Å². The van der Waals surface area contributed by atoms with Gasteiger partial charge in [-0.25, -0.2) is 0 Å². The van der Waals surface area contributed by atoms with Crippen LogP contribution < -0.4 is 0 Å². The summed E-state index contributed by atoms with van der Waals surface area (Å²) < 4.78 is 0. The molecule has 0 bridgehead atoms. The number of rotatable bonds is 2. The van der Waals surface area contributed by atoms with Crippen LogP contribution in [0.3, 0.4) is 0 Å². The molecule has 0 radical (unpaired) electrons. The van der Waals surface area contributed by atoms with E-state index < -0.39 is 0 Å². The summed E-state index contributed by atoms with van der Waals surface area (Å²) in [7, 11) is 1.83. The van der Waals surface area contributed by atoms with Crippen LogP contribution in [0.1, 0.15) is 32.3 Å². The molecule has 1 aromatic rings. The number of thioether (sulfide) groups is 1. The van der Waals surface area contributed by atoms with Gasteiger partial charge in [0.2, 0.25) is 0 Å². The normalized spacial score (nSPS) is 22.2. The van der Waals surface area contributed by atoms with E-state index in [0.717, 1.165) is 29.8 Å².